The molecule has 430 valence electrons. The van der Waals surface area contributed by atoms with Crippen molar-refractivity contribution in [3.05, 3.63) is 146 Å². The lowest BCUT2D eigenvalue weighted by Crippen LogP contribution is -2.47. The Hall–Kier alpha value is -4.11. The van der Waals surface area contributed by atoms with Crippen molar-refractivity contribution in [2.24, 2.45) is 0 Å². The number of likely N-dealkylation sites (N-methyl/N-ethyl adjacent to an activating group) is 1. The van der Waals surface area contributed by atoms with Gasteiger partial charge in [-0.1, -0.05) is 218 Å². The molecule has 2 N–H and O–H groups in total. The van der Waals surface area contributed by atoms with Gasteiger partial charge in [0.2, 0.25) is 5.91 Å². The van der Waals surface area contributed by atoms with Crippen molar-refractivity contribution >= 4 is 19.7 Å². The average molecular weight is 1070 g/mol. The highest BCUT2D eigenvalue weighted by molar-refractivity contribution is 7.47. The Labute approximate surface area is 466 Å². The second kappa shape index (κ2) is 54.3. The number of quaternary nitrogens is 1. The van der Waals surface area contributed by atoms with Crippen molar-refractivity contribution in [3.63, 3.8) is 0 Å². The molecular weight excluding hydrogens is 964 g/mol. The Morgan fingerprint density at radius 3 is 1.29 bits per heavy atom. The quantitative estimate of drug-likeness (QED) is 0.0205. The topological polar surface area (TPSA) is 111 Å². The van der Waals surface area contributed by atoms with Crippen molar-refractivity contribution in [2.75, 3.05) is 40.9 Å². The minimum absolute atomic E-state index is 0.0137. The molecule has 0 saturated heterocycles. The zero-order valence-corrected chi connectivity index (χ0v) is 49.8. The molecule has 0 aliphatic carbocycles. The van der Waals surface area contributed by atoms with Crippen LogP contribution in [0.4, 0.5) is 0 Å². The van der Waals surface area contributed by atoms with E-state index in [1.54, 1.807) is 0 Å². The van der Waals surface area contributed by atoms with E-state index in [9.17, 15) is 19.0 Å². The number of rotatable bonds is 51. The summed E-state index contributed by atoms with van der Waals surface area (Å²) in [5.41, 5.74) is 0. The molecule has 0 radical (unpaired) electrons. The van der Waals surface area contributed by atoms with Crippen LogP contribution in [0.15, 0.2) is 146 Å². The van der Waals surface area contributed by atoms with Gasteiger partial charge in [0.1, 0.15) is 19.3 Å². The zero-order valence-electron chi connectivity index (χ0n) is 48.9. The van der Waals surface area contributed by atoms with Crippen molar-refractivity contribution < 1.29 is 37.3 Å². The minimum Gasteiger partial charge on any atom is -0.456 e. The second-order valence-corrected chi connectivity index (χ2v) is 21.9. The molecule has 0 spiro atoms. The van der Waals surface area contributed by atoms with Crippen LogP contribution in [0.3, 0.4) is 0 Å². The van der Waals surface area contributed by atoms with Crippen LogP contribution in [0.5, 0.6) is 0 Å². The fourth-order valence-corrected chi connectivity index (χ4v) is 8.24. The third-order valence-corrected chi connectivity index (χ3v) is 13.0. The first-order valence-corrected chi connectivity index (χ1v) is 31.2. The number of carbonyl (C=O) groups excluding carboxylic acids is 2. The van der Waals surface area contributed by atoms with Gasteiger partial charge in [-0.3, -0.25) is 18.6 Å². The van der Waals surface area contributed by atoms with Crippen molar-refractivity contribution in [1.29, 1.82) is 0 Å². The van der Waals surface area contributed by atoms with E-state index < -0.39 is 20.0 Å². The van der Waals surface area contributed by atoms with Gasteiger partial charge in [-0.05, 0) is 122 Å². The molecule has 0 rings (SSSR count). The number of hydrogen-bond donors (Lipinski definition) is 2. The molecule has 9 nitrogen and oxygen atoms in total. The number of phosphoric ester groups is 1. The van der Waals surface area contributed by atoms with Crippen LogP contribution in [0.2, 0.25) is 0 Å². The molecule has 10 heteroatoms. The number of unbranched alkanes of at least 4 members (excludes halogenated alkanes) is 13. The van der Waals surface area contributed by atoms with E-state index in [4.69, 9.17) is 13.8 Å². The summed E-state index contributed by atoms with van der Waals surface area (Å²) in [6, 6.07) is -0.907. The molecule has 76 heavy (non-hydrogen) atoms. The van der Waals surface area contributed by atoms with Crippen LogP contribution in [-0.2, 0) is 27.9 Å². The predicted octanol–water partition coefficient (Wildman–Crippen LogP) is 18.3. The standard InChI is InChI=1S/C66H109N2O7P/c1-7-10-13-16-19-22-25-28-30-32-33-34-35-37-39-41-44-47-50-53-56-59-66(70)75-64(57-54-51-48-45-42-27-24-21-18-15-12-9-3)63(62-74-76(71,72)73-61-60-68(4,5)6)67-65(69)58-55-52-49-46-43-40-38-36-31-29-26-23-20-17-14-11-8-2/h10-11,13-14,19-20,22-23,28-31,33-34,37-40,44,46-47,49,54,57,63-64H,7-9,12,15-18,21,24-27,32,35-36,41-43,45,48,50-53,55-56,58-62H2,1-6H3,(H-,67,69,71,72)/p+1/b13-10-,14-11-,22-19-,23-20-,30-28-,31-29-,34-33-,39-37-,40-38-,47-44-,49-46-,57-54+. The van der Waals surface area contributed by atoms with Gasteiger partial charge in [0, 0.05) is 12.8 Å². The van der Waals surface area contributed by atoms with Crippen LogP contribution < -0.4 is 5.32 Å². The van der Waals surface area contributed by atoms with Crippen LogP contribution in [-0.4, -0.2) is 74.3 Å². The molecule has 0 aromatic heterocycles. The molecule has 3 unspecified atom stereocenters. The highest BCUT2D eigenvalue weighted by Crippen LogP contribution is 2.43. The van der Waals surface area contributed by atoms with E-state index in [0.717, 1.165) is 109 Å². The van der Waals surface area contributed by atoms with Gasteiger partial charge in [0.15, 0.2) is 0 Å². The van der Waals surface area contributed by atoms with Crippen LogP contribution in [0, 0.1) is 0 Å². The maximum atomic E-state index is 13.5. The number of phosphoric acid groups is 1. The number of carbonyl (C=O) groups is 2. The molecule has 0 aliphatic heterocycles. The van der Waals surface area contributed by atoms with E-state index in [1.807, 2.05) is 33.3 Å². The molecule has 0 heterocycles. The molecule has 0 bridgehead atoms. The lowest BCUT2D eigenvalue weighted by atomic mass is 10.1. The summed E-state index contributed by atoms with van der Waals surface area (Å²) in [5, 5.41) is 3.00. The number of allylic oxidation sites excluding steroid dienone is 23. The molecule has 0 saturated carbocycles. The van der Waals surface area contributed by atoms with Gasteiger partial charge in [-0.25, -0.2) is 4.57 Å². The summed E-state index contributed by atoms with van der Waals surface area (Å²) in [7, 11) is 1.41. The third-order valence-electron chi connectivity index (χ3n) is 12.0. The molecule has 3 atom stereocenters. The maximum Gasteiger partial charge on any atom is 0.472 e. The summed E-state index contributed by atoms with van der Waals surface area (Å²) in [5.74, 6) is -0.638. The Bertz CT molecular complexity index is 1810. The van der Waals surface area contributed by atoms with E-state index in [0.29, 0.717) is 23.9 Å². The van der Waals surface area contributed by atoms with Gasteiger partial charge >= 0.3 is 13.8 Å². The average Bonchev–Trinajstić information content (AvgIpc) is 3.38. The largest absolute Gasteiger partial charge is 0.472 e. The summed E-state index contributed by atoms with van der Waals surface area (Å²) < 4.78 is 30.6. The molecule has 0 fully saturated rings. The summed E-state index contributed by atoms with van der Waals surface area (Å²) >= 11 is 0. The Morgan fingerprint density at radius 1 is 0.474 bits per heavy atom. The number of esters is 1. The van der Waals surface area contributed by atoms with Crippen molar-refractivity contribution in [2.45, 2.75) is 219 Å². The fraction of sp³-hybridized carbons (Fsp3) is 0.606. The first-order chi connectivity index (χ1) is 36.9. The van der Waals surface area contributed by atoms with Gasteiger partial charge in [0.05, 0.1) is 33.8 Å². The van der Waals surface area contributed by atoms with Crippen LogP contribution in [0.25, 0.3) is 0 Å². The van der Waals surface area contributed by atoms with Gasteiger partial charge in [-0.15, -0.1) is 0 Å². The molecule has 0 aromatic rings. The number of amides is 1. The number of nitrogens with zero attached hydrogens (tertiary/aromatic N) is 1. The van der Waals surface area contributed by atoms with Crippen LogP contribution in [0.1, 0.15) is 207 Å². The minimum atomic E-state index is -4.48. The number of hydrogen-bond acceptors (Lipinski definition) is 6. The maximum absolute atomic E-state index is 13.5. The molecule has 0 aliphatic rings. The molecular formula is C66H110N2O7P+. The second-order valence-electron chi connectivity index (χ2n) is 20.4. The monoisotopic (exact) mass is 1070 g/mol. The van der Waals surface area contributed by atoms with E-state index in [2.05, 4.69) is 160 Å². The Balaban J connectivity index is 5.49. The first-order valence-electron chi connectivity index (χ1n) is 29.7. The van der Waals surface area contributed by atoms with E-state index >= 15 is 0 Å². The van der Waals surface area contributed by atoms with Gasteiger partial charge in [-0.2, -0.15) is 0 Å². The lowest BCUT2D eigenvalue weighted by Gasteiger charge is -2.27. The molecule has 1 amide bonds. The SMILES string of the molecule is CC/C=C\C/C=C\C/C=C\C/C=C\C/C=C\C/C=C\CCCCC(=O)OC(/C=C/CCCCCCCCCCCC)C(COP(=O)(O)OCC[N+](C)(C)C)NC(=O)CCC/C=C\C/C=C\C/C=C\C/C=C\C/C=C\CC. The van der Waals surface area contributed by atoms with Crippen molar-refractivity contribution in [3.8, 4) is 0 Å². The first kappa shape index (κ1) is 71.9. The number of nitrogens with one attached hydrogen (secondary N) is 1. The Morgan fingerprint density at radius 2 is 0.855 bits per heavy atom. The number of ether oxygens (including phenoxy) is 1. The smallest absolute Gasteiger partial charge is 0.456 e. The van der Waals surface area contributed by atoms with Crippen molar-refractivity contribution in [1.82, 2.24) is 5.32 Å². The summed E-state index contributed by atoms with van der Waals surface area (Å²) in [4.78, 5) is 37.6. The van der Waals surface area contributed by atoms with E-state index in [-0.39, 0.29) is 37.9 Å². The van der Waals surface area contributed by atoms with Crippen LogP contribution >= 0.6 is 7.82 Å². The normalized spacial score (nSPS) is 14.8. The van der Waals surface area contributed by atoms with Gasteiger partial charge in [0.25, 0.3) is 0 Å². The summed E-state index contributed by atoms with van der Waals surface area (Å²) in [6.45, 7) is 6.67. The predicted molar refractivity (Wildman–Crippen MR) is 327 cm³/mol. The fourth-order valence-electron chi connectivity index (χ4n) is 7.51. The lowest BCUT2D eigenvalue weighted by molar-refractivity contribution is -0.870. The zero-order chi connectivity index (χ0) is 55.7. The van der Waals surface area contributed by atoms with E-state index in [1.165, 1.54) is 51.4 Å². The highest BCUT2D eigenvalue weighted by Gasteiger charge is 2.30. The Kier molecular flexibility index (Phi) is 51.3. The highest BCUT2D eigenvalue weighted by atomic mass is 31.2. The third kappa shape index (κ3) is 54.7. The van der Waals surface area contributed by atoms with Gasteiger partial charge < -0.3 is 19.4 Å². The molecule has 0 aromatic carbocycles. The summed E-state index contributed by atoms with van der Waals surface area (Å²) in [6.07, 6.45) is 78.6.